The molecule has 2 aliphatic heterocycles. The predicted molar refractivity (Wildman–Crippen MR) is 108 cm³/mol. The minimum absolute atomic E-state index is 0.751. The van der Waals surface area contributed by atoms with Crippen LogP contribution in [0.25, 0.3) is 0 Å². The number of rotatable bonds is 14. The Balaban J connectivity index is 2.37. The molecule has 2 heterocycles. The van der Waals surface area contributed by atoms with Crippen LogP contribution in [0, 0.1) is 0 Å². The topological polar surface area (TPSA) is 269 Å². The van der Waals surface area contributed by atoms with Crippen molar-refractivity contribution in [3.05, 3.63) is 0 Å². The normalized spacial score (nSPS) is 41.1. The fraction of sp³-hybridized carbons (Fsp3) is 1.00. The van der Waals surface area contributed by atoms with Crippen LogP contribution in [0.5, 0.6) is 0 Å². The summed E-state index contributed by atoms with van der Waals surface area (Å²) in [5.41, 5.74) is 0. The highest BCUT2D eigenvalue weighted by Crippen LogP contribution is 2.39. The second-order valence-corrected chi connectivity index (χ2v) is 8.45. The van der Waals surface area contributed by atoms with Crippen LogP contribution in [0.3, 0.4) is 0 Å². The summed E-state index contributed by atoms with van der Waals surface area (Å²) in [6.45, 7) is -4.10. The zero-order chi connectivity index (χ0) is 26.6. The Bertz CT molecular complexity index is 640. The molecule has 35 heavy (non-hydrogen) atoms. The zero-order valence-corrected chi connectivity index (χ0v) is 19.0. The summed E-state index contributed by atoms with van der Waals surface area (Å²) in [6, 6.07) is 0. The van der Waals surface area contributed by atoms with E-state index >= 15 is 0 Å². The lowest BCUT2D eigenvalue weighted by Gasteiger charge is -2.40. The van der Waals surface area contributed by atoms with Crippen LogP contribution < -0.4 is 0 Å². The molecule has 0 aromatic heterocycles. The molecule has 0 aromatic carbocycles. The fourth-order valence-electron chi connectivity index (χ4n) is 3.74. The van der Waals surface area contributed by atoms with Gasteiger partial charge in [0.25, 0.3) is 0 Å². The second-order valence-electron chi connectivity index (χ2n) is 8.45. The van der Waals surface area contributed by atoms with Crippen molar-refractivity contribution in [2.75, 3.05) is 39.6 Å². The Morgan fingerprint density at radius 3 is 1.71 bits per heavy atom. The van der Waals surface area contributed by atoms with Gasteiger partial charge in [-0.3, -0.25) is 0 Å². The van der Waals surface area contributed by atoms with Gasteiger partial charge in [0.05, 0.1) is 32.5 Å². The van der Waals surface area contributed by atoms with Crippen molar-refractivity contribution in [2.24, 2.45) is 0 Å². The highest BCUT2D eigenvalue weighted by atomic mass is 16.8. The summed E-state index contributed by atoms with van der Waals surface area (Å²) in [5, 5.41) is 109. The van der Waals surface area contributed by atoms with Gasteiger partial charge >= 0.3 is 0 Å². The molecule has 2 fully saturated rings. The maximum Gasteiger partial charge on any atom is 0.224 e. The van der Waals surface area contributed by atoms with Gasteiger partial charge in [0.2, 0.25) is 11.6 Å². The first kappa shape index (κ1) is 30.6. The van der Waals surface area contributed by atoms with Crippen LogP contribution >= 0.6 is 0 Å². The average Bonchev–Trinajstić information content (AvgIpc) is 3.24. The molecule has 0 aliphatic carbocycles. The van der Waals surface area contributed by atoms with Crippen LogP contribution in [-0.4, -0.2) is 169 Å². The second kappa shape index (κ2) is 12.7. The van der Waals surface area contributed by atoms with E-state index in [1.54, 1.807) is 0 Å². The molecular formula is C19H36O16. The minimum Gasteiger partial charge on any atom is -0.394 e. The smallest absolute Gasteiger partial charge is 0.224 e. The third kappa shape index (κ3) is 6.27. The van der Waals surface area contributed by atoms with Crippen LogP contribution in [-0.2, 0) is 23.7 Å². The maximum atomic E-state index is 10.7. The molecule has 0 amide bonds. The van der Waals surface area contributed by atoms with Crippen LogP contribution in [0.2, 0.25) is 0 Å². The van der Waals surface area contributed by atoms with Crippen molar-refractivity contribution < 1.29 is 79.9 Å². The van der Waals surface area contributed by atoms with E-state index in [1.807, 2.05) is 0 Å². The van der Waals surface area contributed by atoms with Crippen LogP contribution in [0.1, 0.15) is 6.92 Å². The van der Waals surface area contributed by atoms with Crippen molar-refractivity contribution in [2.45, 2.75) is 79.7 Å². The van der Waals surface area contributed by atoms with Gasteiger partial charge in [0.15, 0.2) is 6.29 Å². The molecule has 0 spiro atoms. The standard InChI is InChI=1S/C19H36O16/c1-8(25)10(3-21)32-17(9(26)2-20)35-19(16(30)14(28)12(5-23)34-19)7-31-18(6-24)15(29)13(27)11(4-22)33-18/h8-17,20-30H,2-7H2,1H3/t8?,9?,10?,11-,12-,13?,14?,15?,16?,17-,18-,19+/m1/s1. The van der Waals surface area contributed by atoms with Gasteiger partial charge in [-0.15, -0.1) is 0 Å². The summed E-state index contributed by atoms with van der Waals surface area (Å²) in [6.07, 6.45) is -16.6. The first-order valence-electron chi connectivity index (χ1n) is 10.9. The van der Waals surface area contributed by atoms with E-state index in [1.165, 1.54) is 6.92 Å². The molecular weight excluding hydrogens is 484 g/mol. The molecule has 16 heteroatoms. The molecule has 16 nitrogen and oxygen atoms in total. The van der Waals surface area contributed by atoms with Gasteiger partial charge in [-0.2, -0.15) is 0 Å². The molecule has 0 aromatic rings. The van der Waals surface area contributed by atoms with Crippen LogP contribution in [0.4, 0.5) is 0 Å². The van der Waals surface area contributed by atoms with Gasteiger partial charge in [-0.25, -0.2) is 0 Å². The SMILES string of the molecule is CC(O)C(CO)O[C@H](O[C@]1(CO[C@]2(CO)O[C@H](CO)C(O)C2O)O[C@H](CO)C(O)C1O)C(O)CO. The molecule has 0 bridgehead atoms. The molecule has 2 rings (SSSR count). The zero-order valence-electron chi connectivity index (χ0n) is 19.0. The number of hydrogen-bond acceptors (Lipinski definition) is 16. The highest BCUT2D eigenvalue weighted by Gasteiger charge is 2.61. The lowest BCUT2D eigenvalue weighted by molar-refractivity contribution is -0.384. The third-order valence-corrected chi connectivity index (χ3v) is 5.95. The molecule has 7 unspecified atom stereocenters. The van der Waals surface area contributed by atoms with Crippen molar-refractivity contribution in [1.82, 2.24) is 0 Å². The lowest BCUT2D eigenvalue weighted by Crippen LogP contribution is -2.58. The third-order valence-electron chi connectivity index (χ3n) is 5.95. The first-order chi connectivity index (χ1) is 16.4. The Morgan fingerprint density at radius 1 is 0.800 bits per heavy atom. The Kier molecular flexibility index (Phi) is 11.1. The van der Waals surface area contributed by atoms with E-state index in [-0.39, 0.29) is 0 Å². The maximum absolute atomic E-state index is 10.7. The summed E-state index contributed by atoms with van der Waals surface area (Å²) in [5.74, 6) is -4.87. The molecule has 12 atom stereocenters. The minimum atomic E-state index is -2.51. The van der Waals surface area contributed by atoms with Crippen molar-refractivity contribution in [1.29, 1.82) is 0 Å². The molecule has 0 saturated carbocycles. The van der Waals surface area contributed by atoms with Gasteiger partial charge in [0.1, 0.15) is 62.0 Å². The van der Waals surface area contributed by atoms with E-state index in [2.05, 4.69) is 0 Å². The van der Waals surface area contributed by atoms with Gasteiger partial charge in [-0.1, -0.05) is 0 Å². The number of hydrogen-bond donors (Lipinski definition) is 11. The van der Waals surface area contributed by atoms with Gasteiger partial charge in [-0.05, 0) is 6.92 Å². The Labute approximate surface area is 200 Å². The lowest BCUT2D eigenvalue weighted by atomic mass is 10.0. The number of aliphatic hydroxyl groups excluding tert-OH is 11. The van der Waals surface area contributed by atoms with Crippen molar-refractivity contribution in [3.8, 4) is 0 Å². The quantitative estimate of drug-likeness (QED) is 0.0950. The molecule has 11 N–H and O–H groups in total. The van der Waals surface area contributed by atoms with E-state index in [0.29, 0.717) is 0 Å². The van der Waals surface area contributed by atoms with Crippen LogP contribution in [0.15, 0.2) is 0 Å². The summed E-state index contributed by atoms with van der Waals surface area (Å²) < 4.78 is 27.1. The van der Waals surface area contributed by atoms with E-state index in [0.717, 1.165) is 0 Å². The monoisotopic (exact) mass is 520 g/mol. The van der Waals surface area contributed by atoms with E-state index in [9.17, 15) is 56.2 Å². The van der Waals surface area contributed by atoms with Crippen molar-refractivity contribution >= 4 is 0 Å². The predicted octanol–water partition coefficient (Wildman–Crippen LogP) is -6.93. The summed E-state index contributed by atoms with van der Waals surface area (Å²) >= 11 is 0. The molecule has 208 valence electrons. The Hall–Kier alpha value is -0.640. The summed E-state index contributed by atoms with van der Waals surface area (Å²) in [4.78, 5) is 0. The van der Waals surface area contributed by atoms with Gasteiger partial charge in [0, 0.05) is 0 Å². The first-order valence-corrected chi connectivity index (χ1v) is 10.9. The molecule has 2 aliphatic rings. The van der Waals surface area contributed by atoms with E-state index in [4.69, 9.17) is 23.7 Å². The number of ether oxygens (including phenoxy) is 5. The number of aliphatic hydroxyl groups is 11. The molecule has 0 radical (unpaired) electrons. The average molecular weight is 520 g/mol. The molecule has 2 saturated heterocycles. The fourth-order valence-corrected chi connectivity index (χ4v) is 3.74. The van der Waals surface area contributed by atoms with Gasteiger partial charge < -0.3 is 79.9 Å². The Morgan fingerprint density at radius 2 is 1.31 bits per heavy atom. The van der Waals surface area contributed by atoms with Crippen molar-refractivity contribution in [3.63, 3.8) is 0 Å². The summed E-state index contributed by atoms with van der Waals surface area (Å²) in [7, 11) is 0. The van der Waals surface area contributed by atoms with E-state index < -0.39 is 112 Å². The largest absolute Gasteiger partial charge is 0.394 e. The highest BCUT2D eigenvalue weighted by molar-refractivity contribution is 5.00.